The average molecular weight is 222 g/mol. The van der Waals surface area contributed by atoms with Crippen molar-refractivity contribution in [2.45, 2.75) is 13.5 Å². The van der Waals surface area contributed by atoms with Crippen molar-refractivity contribution in [1.29, 1.82) is 0 Å². The molecule has 2 N–H and O–H groups in total. The molecule has 88 valence electrons. The zero-order chi connectivity index (χ0) is 12.0. The predicted molar refractivity (Wildman–Crippen MR) is 63.1 cm³/mol. The maximum Gasteiger partial charge on any atom is 0.317 e. The van der Waals surface area contributed by atoms with E-state index in [0.717, 1.165) is 5.56 Å². The summed E-state index contributed by atoms with van der Waals surface area (Å²) in [4.78, 5) is 12.9. The van der Waals surface area contributed by atoms with Gasteiger partial charge in [0.25, 0.3) is 0 Å². The molecular formula is C12H18N2O2. The quantitative estimate of drug-likeness (QED) is 0.802. The molecule has 0 heterocycles. The van der Waals surface area contributed by atoms with Crippen LogP contribution in [-0.2, 0) is 6.54 Å². The lowest BCUT2D eigenvalue weighted by molar-refractivity contribution is 0.190. The number of benzene rings is 1. The van der Waals surface area contributed by atoms with Gasteiger partial charge >= 0.3 is 6.03 Å². The van der Waals surface area contributed by atoms with Crippen molar-refractivity contribution in [1.82, 2.24) is 10.2 Å². The molecule has 0 aliphatic carbocycles. The van der Waals surface area contributed by atoms with Crippen molar-refractivity contribution in [2.24, 2.45) is 0 Å². The number of rotatable bonds is 4. The van der Waals surface area contributed by atoms with E-state index >= 15 is 0 Å². The topological polar surface area (TPSA) is 52.6 Å². The number of nitrogens with one attached hydrogen (secondary N) is 1. The molecule has 1 aromatic rings. The minimum atomic E-state index is -0.172. The largest absolute Gasteiger partial charge is 0.395 e. The molecular weight excluding hydrogens is 204 g/mol. The smallest absolute Gasteiger partial charge is 0.317 e. The first-order valence-electron chi connectivity index (χ1n) is 5.29. The Morgan fingerprint density at radius 1 is 1.38 bits per heavy atom. The maximum atomic E-state index is 11.5. The third kappa shape index (κ3) is 3.90. The second-order valence-corrected chi connectivity index (χ2v) is 3.79. The second-order valence-electron chi connectivity index (χ2n) is 3.79. The van der Waals surface area contributed by atoms with Gasteiger partial charge in [-0.2, -0.15) is 0 Å². The second kappa shape index (κ2) is 6.12. The van der Waals surface area contributed by atoms with Gasteiger partial charge in [0.15, 0.2) is 0 Å². The number of carbonyl (C=O) groups is 1. The van der Waals surface area contributed by atoms with E-state index in [1.165, 1.54) is 10.5 Å². The Labute approximate surface area is 95.9 Å². The summed E-state index contributed by atoms with van der Waals surface area (Å²) in [6.07, 6.45) is 0. The highest BCUT2D eigenvalue weighted by Crippen LogP contribution is 2.02. The molecule has 0 aromatic heterocycles. The molecule has 0 radical (unpaired) electrons. The number of amides is 2. The summed E-state index contributed by atoms with van der Waals surface area (Å²) in [5.41, 5.74) is 2.27. The zero-order valence-electron chi connectivity index (χ0n) is 9.73. The van der Waals surface area contributed by atoms with Crippen LogP contribution in [0, 0.1) is 6.92 Å². The van der Waals surface area contributed by atoms with E-state index in [2.05, 4.69) is 5.32 Å². The molecule has 0 saturated heterocycles. The number of hydrogen-bond donors (Lipinski definition) is 2. The van der Waals surface area contributed by atoms with E-state index in [9.17, 15) is 4.79 Å². The van der Waals surface area contributed by atoms with Gasteiger partial charge in [0.1, 0.15) is 0 Å². The number of nitrogens with zero attached hydrogens (tertiary/aromatic N) is 1. The van der Waals surface area contributed by atoms with Crippen molar-refractivity contribution < 1.29 is 9.90 Å². The number of aliphatic hydroxyl groups excluding tert-OH is 1. The van der Waals surface area contributed by atoms with Gasteiger partial charge in [0.2, 0.25) is 0 Å². The van der Waals surface area contributed by atoms with Crippen LogP contribution in [0.5, 0.6) is 0 Å². The summed E-state index contributed by atoms with van der Waals surface area (Å²) in [7, 11) is 1.65. The third-order valence-corrected chi connectivity index (χ3v) is 2.35. The Morgan fingerprint density at radius 3 is 2.56 bits per heavy atom. The first-order valence-corrected chi connectivity index (χ1v) is 5.29. The molecule has 16 heavy (non-hydrogen) atoms. The highest BCUT2D eigenvalue weighted by Gasteiger charge is 2.06. The van der Waals surface area contributed by atoms with Crippen LogP contribution in [-0.4, -0.2) is 36.2 Å². The van der Waals surface area contributed by atoms with Crippen LogP contribution in [0.3, 0.4) is 0 Å². The summed E-state index contributed by atoms with van der Waals surface area (Å²) in [5, 5.41) is 11.5. The Bertz CT molecular complexity index is 335. The summed E-state index contributed by atoms with van der Waals surface area (Å²) in [5.74, 6) is 0. The Hall–Kier alpha value is -1.55. The van der Waals surface area contributed by atoms with E-state index in [0.29, 0.717) is 13.1 Å². The van der Waals surface area contributed by atoms with Gasteiger partial charge in [0.05, 0.1) is 6.61 Å². The van der Waals surface area contributed by atoms with Gasteiger partial charge in [-0.1, -0.05) is 29.8 Å². The monoisotopic (exact) mass is 222 g/mol. The van der Waals surface area contributed by atoms with Gasteiger partial charge in [-0.3, -0.25) is 0 Å². The highest BCUT2D eigenvalue weighted by molar-refractivity contribution is 5.73. The molecule has 0 aliphatic heterocycles. The molecule has 0 bridgehead atoms. The van der Waals surface area contributed by atoms with Crippen molar-refractivity contribution in [3.63, 3.8) is 0 Å². The number of carbonyl (C=O) groups excluding carboxylic acids is 1. The third-order valence-electron chi connectivity index (χ3n) is 2.35. The fourth-order valence-corrected chi connectivity index (χ4v) is 1.27. The number of aliphatic hydroxyl groups is 1. The number of aryl methyl sites for hydroxylation is 1. The standard InChI is InChI=1S/C12H18N2O2/c1-10-3-5-11(6-4-10)9-13-12(16)14(2)7-8-15/h3-6,15H,7-9H2,1-2H3,(H,13,16). The minimum absolute atomic E-state index is 0.0194. The maximum absolute atomic E-state index is 11.5. The van der Waals surface area contributed by atoms with Crippen LogP contribution < -0.4 is 5.32 Å². The summed E-state index contributed by atoms with van der Waals surface area (Å²) >= 11 is 0. The summed E-state index contributed by atoms with van der Waals surface area (Å²) < 4.78 is 0. The van der Waals surface area contributed by atoms with Crippen LogP contribution in [0.1, 0.15) is 11.1 Å². The lowest BCUT2D eigenvalue weighted by Crippen LogP contribution is -2.38. The zero-order valence-corrected chi connectivity index (χ0v) is 9.73. The number of hydrogen-bond acceptors (Lipinski definition) is 2. The first kappa shape index (κ1) is 12.5. The van der Waals surface area contributed by atoms with Crippen molar-refractivity contribution >= 4 is 6.03 Å². The number of urea groups is 1. The van der Waals surface area contributed by atoms with Gasteiger partial charge in [-0.05, 0) is 12.5 Å². The molecule has 0 spiro atoms. The van der Waals surface area contributed by atoms with Crippen LogP contribution in [0.2, 0.25) is 0 Å². The van der Waals surface area contributed by atoms with Gasteiger partial charge in [-0.15, -0.1) is 0 Å². The molecule has 0 unspecified atom stereocenters. The Balaban J connectivity index is 2.39. The van der Waals surface area contributed by atoms with E-state index in [1.807, 2.05) is 31.2 Å². The molecule has 0 atom stereocenters. The normalized spacial score (nSPS) is 9.94. The van der Waals surface area contributed by atoms with Gasteiger partial charge in [0, 0.05) is 20.1 Å². The Kier molecular flexibility index (Phi) is 4.79. The van der Waals surface area contributed by atoms with E-state index in [-0.39, 0.29) is 12.6 Å². The van der Waals surface area contributed by atoms with Crippen LogP contribution in [0.25, 0.3) is 0 Å². The lowest BCUT2D eigenvalue weighted by Gasteiger charge is -2.16. The molecule has 0 aliphatic rings. The van der Waals surface area contributed by atoms with Crippen LogP contribution in [0.15, 0.2) is 24.3 Å². The first-order chi connectivity index (χ1) is 7.63. The van der Waals surface area contributed by atoms with Crippen LogP contribution in [0.4, 0.5) is 4.79 Å². The van der Waals surface area contributed by atoms with Gasteiger partial charge < -0.3 is 15.3 Å². The molecule has 0 saturated carbocycles. The fourth-order valence-electron chi connectivity index (χ4n) is 1.27. The summed E-state index contributed by atoms with van der Waals surface area (Å²) in [6.45, 7) is 2.86. The van der Waals surface area contributed by atoms with Crippen molar-refractivity contribution in [2.75, 3.05) is 20.2 Å². The van der Waals surface area contributed by atoms with E-state index in [1.54, 1.807) is 7.05 Å². The highest BCUT2D eigenvalue weighted by atomic mass is 16.3. The molecule has 1 rings (SSSR count). The van der Waals surface area contributed by atoms with Gasteiger partial charge in [-0.25, -0.2) is 4.79 Å². The van der Waals surface area contributed by atoms with E-state index in [4.69, 9.17) is 5.11 Å². The average Bonchev–Trinajstić information content (AvgIpc) is 2.28. The predicted octanol–water partition coefficient (Wildman–Crippen LogP) is 1.13. The molecule has 2 amide bonds. The minimum Gasteiger partial charge on any atom is -0.395 e. The Morgan fingerprint density at radius 2 is 2.00 bits per heavy atom. The lowest BCUT2D eigenvalue weighted by atomic mass is 10.1. The van der Waals surface area contributed by atoms with Crippen LogP contribution >= 0.6 is 0 Å². The SMILES string of the molecule is Cc1ccc(CNC(=O)N(C)CCO)cc1. The van der Waals surface area contributed by atoms with E-state index < -0.39 is 0 Å². The van der Waals surface area contributed by atoms with Crippen molar-refractivity contribution in [3.8, 4) is 0 Å². The molecule has 4 nitrogen and oxygen atoms in total. The fraction of sp³-hybridized carbons (Fsp3) is 0.417. The molecule has 0 fully saturated rings. The molecule has 4 heteroatoms. The number of likely N-dealkylation sites (N-methyl/N-ethyl adjacent to an activating group) is 1. The summed E-state index contributed by atoms with van der Waals surface area (Å²) in [6, 6.07) is 7.83. The molecule has 1 aromatic carbocycles. The van der Waals surface area contributed by atoms with Crippen molar-refractivity contribution in [3.05, 3.63) is 35.4 Å².